The molecule has 0 N–H and O–H groups in total. The minimum absolute atomic E-state index is 0.0312. The van der Waals surface area contributed by atoms with Crippen LogP contribution in [0.4, 0.5) is 10.1 Å². The highest BCUT2D eigenvalue weighted by molar-refractivity contribution is 5.72. The number of anilines is 1. The van der Waals surface area contributed by atoms with Gasteiger partial charge in [-0.15, -0.1) is 0 Å². The van der Waals surface area contributed by atoms with E-state index in [1.54, 1.807) is 6.07 Å². The third-order valence-electron chi connectivity index (χ3n) is 4.25. The number of pyridine rings is 1. The monoisotopic (exact) mass is 348 g/mol. The number of hydrogen-bond acceptors (Lipinski definition) is 3. The van der Waals surface area contributed by atoms with E-state index in [1.807, 2.05) is 32.2 Å². The summed E-state index contributed by atoms with van der Waals surface area (Å²) in [6.45, 7) is 8.05. The first-order chi connectivity index (χ1) is 12.5. The minimum atomic E-state index is -0.487. The lowest BCUT2D eigenvalue weighted by Gasteiger charge is -2.22. The molecule has 1 aromatic heterocycles. The van der Waals surface area contributed by atoms with Crippen molar-refractivity contribution in [3.63, 3.8) is 0 Å². The zero-order valence-corrected chi connectivity index (χ0v) is 15.2. The number of allylic oxidation sites excluding steroid dienone is 1. The molecule has 1 heterocycles. The molecule has 0 atom stereocenters. The summed E-state index contributed by atoms with van der Waals surface area (Å²) < 4.78 is 19.4. The van der Waals surface area contributed by atoms with Gasteiger partial charge in [0.2, 0.25) is 0 Å². The van der Waals surface area contributed by atoms with Crippen molar-refractivity contribution in [2.75, 3.05) is 11.9 Å². The van der Waals surface area contributed by atoms with Crippen molar-refractivity contribution < 1.29 is 9.13 Å². The van der Waals surface area contributed by atoms with Gasteiger partial charge in [0.1, 0.15) is 5.75 Å². The van der Waals surface area contributed by atoms with Crippen LogP contribution in [0.25, 0.3) is 11.1 Å². The van der Waals surface area contributed by atoms with Crippen LogP contribution in [0.1, 0.15) is 12.5 Å². The summed E-state index contributed by atoms with van der Waals surface area (Å²) in [6, 6.07) is 16.7. The van der Waals surface area contributed by atoms with Gasteiger partial charge in [0.25, 0.3) is 5.88 Å². The molecule has 0 radical (unpaired) electrons. The van der Waals surface area contributed by atoms with Crippen molar-refractivity contribution in [3.8, 4) is 22.8 Å². The van der Waals surface area contributed by atoms with Gasteiger partial charge in [-0.25, -0.2) is 9.37 Å². The quantitative estimate of drug-likeness (QED) is 0.569. The van der Waals surface area contributed by atoms with Gasteiger partial charge in [0, 0.05) is 24.6 Å². The summed E-state index contributed by atoms with van der Waals surface area (Å²) in [7, 11) is 2.00. The van der Waals surface area contributed by atoms with Gasteiger partial charge in [-0.1, -0.05) is 30.8 Å². The molecule has 0 fully saturated rings. The molecule has 132 valence electrons. The molecule has 0 amide bonds. The first kappa shape index (κ1) is 17.7. The minimum Gasteiger partial charge on any atom is -0.436 e. The van der Waals surface area contributed by atoms with Crippen LogP contribution in [-0.2, 0) is 0 Å². The predicted octanol–water partition coefficient (Wildman–Crippen LogP) is 5.96. The van der Waals surface area contributed by atoms with E-state index in [0.717, 1.165) is 22.5 Å². The van der Waals surface area contributed by atoms with Crippen molar-refractivity contribution in [2.45, 2.75) is 13.8 Å². The van der Waals surface area contributed by atoms with Gasteiger partial charge in [0.15, 0.2) is 5.82 Å². The summed E-state index contributed by atoms with van der Waals surface area (Å²) in [6.07, 6.45) is 1.50. The maximum absolute atomic E-state index is 13.8. The summed E-state index contributed by atoms with van der Waals surface area (Å²) in [5, 5.41) is 0. The zero-order chi connectivity index (χ0) is 18.7. The van der Waals surface area contributed by atoms with Gasteiger partial charge in [0.05, 0.1) is 0 Å². The van der Waals surface area contributed by atoms with Crippen LogP contribution in [0.15, 0.2) is 73.1 Å². The molecular formula is C22H21FN2O. The Hall–Kier alpha value is -3.14. The van der Waals surface area contributed by atoms with Crippen molar-refractivity contribution >= 4 is 5.69 Å². The highest BCUT2D eigenvalue weighted by atomic mass is 19.1. The summed E-state index contributed by atoms with van der Waals surface area (Å²) >= 11 is 0. The zero-order valence-electron chi connectivity index (χ0n) is 15.2. The number of rotatable bonds is 5. The van der Waals surface area contributed by atoms with E-state index in [2.05, 4.69) is 41.6 Å². The molecule has 0 bridgehead atoms. The second-order valence-corrected chi connectivity index (χ2v) is 6.22. The fourth-order valence-corrected chi connectivity index (χ4v) is 2.65. The first-order valence-corrected chi connectivity index (χ1v) is 8.34. The summed E-state index contributed by atoms with van der Waals surface area (Å²) in [5.74, 6) is 0.0188. The highest BCUT2D eigenvalue weighted by Gasteiger charge is 2.10. The van der Waals surface area contributed by atoms with Gasteiger partial charge >= 0.3 is 0 Å². The summed E-state index contributed by atoms with van der Waals surface area (Å²) in [4.78, 5) is 5.99. The molecule has 3 rings (SSSR count). The van der Waals surface area contributed by atoms with Gasteiger partial charge in [-0.05, 0) is 60.9 Å². The standard InChI is InChI=1S/C22H21FN2O/c1-15(2)25(4)21-14-18(11-10-16(21)3)17-7-5-8-19(13-17)26-22-20(23)9-6-12-24-22/h5-14H,1H2,2-4H3. The lowest BCUT2D eigenvalue weighted by Crippen LogP contribution is -2.14. The third kappa shape index (κ3) is 3.75. The average Bonchev–Trinajstić information content (AvgIpc) is 2.63. The number of aromatic nitrogens is 1. The Bertz CT molecular complexity index is 952. The van der Waals surface area contributed by atoms with Crippen LogP contribution >= 0.6 is 0 Å². The second kappa shape index (κ2) is 7.40. The molecule has 0 spiro atoms. The Balaban J connectivity index is 1.94. The maximum Gasteiger partial charge on any atom is 0.255 e. The number of halogens is 1. The van der Waals surface area contributed by atoms with Crippen LogP contribution in [0, 0.1) is 12.7 Å². The van der Waals surface area contributed by atoms with Crippen molar-refractivity contribution in [1.29, 1.82) is 0 Å². The Morgan fingerprint density at radius 2 is 1.85 bits per heavy atom. The number of ether oxygens (including phenoxy) is 1. The Labute approximate surface area is 153 Å². The maximum atomic E-state index is 13.8. The number of benzene rings is 2. The first-order valence-electron chi connectivity index (χ1n) is 8.34. The molecule has 2 aromatic carbocycles. The normalized spacial score (nSPS) is 10.5. The smallest absolute Gasteiger partial charge is 0.255 e. The lowest BCUT2D eigenvalue weighted by atomic mass is 10.0. The van der Waals surface area contributed by atoms with Crippen LogP contribution < -0.4 is 9.64 Å². The second-order valence-electron chi connectivity index (χ2n) is 6.22. The predicted molar refractivity (Wildman–Crippen MR) is 104 cm³/mol. The van der Waals surface area contributed by atoms with Crippen LogP contribution in [0.5, 0.6) is 11.6 Å². The molecule has 3 aromatic rings. The SMILES string of the molecule is C=C(C)N(C)c1cc(-c2cccc(Oc3ncccc3F)c2)ccc1C. The van der Waals surface area contributed by atoms with E-state index in [4.69, 9.17) is 4.74 Å². The summed E-state index contributed by atoms with van der Waals surface area (Å²) in [5.41, 5.74) is 5.26. The number of nitrogens with zero attached hydrogens (tertiary/aromatic N) is 2. The van der Waals surface area contributed by atoms with E-state index in [9.17, 15) is 4.39 Å². The molecule has 0 aliphatic carbocycles. The Morgan fingerprint density at radius 3 is 2.58 bits per heavy atom. The van der Waals surface area contributed by atoms with Crippen molar-refractivity contribution in [3.05, 3.63) is 84.5 Å². The van der Waals surface area contributed by atoms with E-state index < -0.39 is 5.82 Å². The third-order valence-corrected chi connectivity index (χ3v) is 4.25. The van der Waals surface area contributed by atoms with Crippen molar-refractivity contribution in [1.82, 2.24) is 4.98 Å². The molecule has 0 saturated heterocycles. The van der Waals surface area contributed by atoms with E-state index in [0.29, 0.717) is 5.75 Å². The van der Waals surface area contributed by atoms with Crippen LogP contribution in [-0.4, -0.2) is 12.0 Å². The van der Waals surface area contributed by atoms with Gasteiger partial charge in [-0.3, -0.25) is 0 Å². The van der Waals surface area contributed by atoms with Crippen LogP contribution in [0.3, 0.4) is 0 Å². The van der Waals surface area contributed by atoms with E-state index in [1.165, 1.54) is 23.9 Å². The molecule has 26 heavy (non-hydrogen) atoms. The fraction of sp³-hybridized carbons (Fsp3) is 0.136. The number of aryl methyl sites for hydroxylation is 1. The molecular weight excluding hydrogens is 327 g/mol. The molecule has 0 saturated carbocycles. The molecule has 0 aliphatic heterocycles. The van der Waals surface area contributed by atoms with Gasteiger partial charge in [-0.2, -0.15) is 0 Å². The fourth-order valence-electron chi connectivity index (χ4n) is 2.65. The Kier molecular flexibility index (Phi) is 5.03. The van der Waals surface area contributed by atoms with Gasteiger partial charge < -0.3 is 9.64 Å². The van der Waals surface area contributed by atoms with E-state index in [-0.39, 0.29) is 5.88 Å². The van der Waals surface area contributed by atoms with E-state index >= 15 is 0 Å². The number of hydrogen-bond donors (Lipinski definition) is 0. The molecule has 0 aliphatic rings. The molecule has 3 nitrogen and oxygen atoms in total. The van der Waals surface area contributed by atoms with Crippen molar-refractivity contribution in [2.24, 2.45) is 0 Å². The average molecular weight is 348 g/mol. The van der Waals surface area contributed by atoms with Crippen LogP contribution in [0.2, 0.25) is 0 Å². The molecule has 0 unspecified atom stereocenters. The Morgan fingerprint density at radius 1 is 1.08 bits per heavy atom. The highest BCUT2D eigenvalue weighted by Crippen LogP contribution is 2.31. The lowest BCUT2D eigenvalue weighted by molar-refractivity contribution is 0.423. The topological polar surface area (TPSA) is 25.4 Å². The molecule has 4 heteroatoms. The largest absolute Gasteiger partial charge is 0.436 e.